The lowest BCUT2D eigenvalue weighted by molar-refractivity contribution is -0.384. The van der Waals surface area contributed by atoms with Crippen LogP contribution >= 0.6 is 11.6 Å². The normalized spacial score (nSPS) is 14.2. The minimum absolute atomic E-state index is 0.0489. The van der Waals surface area contributed by atoms with Crippen LogP contribution in [-0.2, 0) is 6.42 Å². The highest BCUT2D eigenvalue weighted by molar-refractivity contribution is 6.31. The topological polar surface area (TPSA) is 102 Å². The second kappa shape index (κ2) is 9.99. The number of rotatable bonds is 6. The molecule has 0 bridgehead atoms. The molecule has 36 heavy (non-hydrogen) atoms. The van der Waals surface area contributed by atoms with Gasteiger partial charge in [-0.3, -0.25) is 14.9 Å². The molecule has 3 aromatic carbocycles. The van der Waals surface area contributed by atoms with Crippen LogP contribution in [0.4, 0.5) is 17.1 Å². The molecule has 1 aliphatic rings. The predicted octanol–water partition coefficient (Wildman–Crippen LogP) is 6.47. The largest absolute Gasteiger partial charge is 0.440 e. The number of piperidine rings is 1. The number of hydrogen-bond donors (Lipinski definition) is 1. The molecule has 1 aliphatic heterocycles. The lowest BCUT2D eigenvalue weighted by Gasteiger charge is -2.31. The van der Waals surface area contributed by atoms with Crippen molar-refractivity contribution in [1.29, 1.82) is 0 Å². The number of nitrogens with one attached hydrogen (secondary N) is 1. The third kappa shape index (κ3) is 5.18. The SMILES string of the molecule is CC1CCN(c2ccc(C(=O)Nc3ccc(Cc4nc5cc(Cl)ccc5o4)cc3)cc2[N+](=O)[O-])CC1. The van der Waals surface area contributed by atoms with Crippen molar-refractivity contribution in [3.63, 3.8) is 0 Å². The summed E-state index contributed by atoms with van der Waals surface area (Å²) in [5, 5.41) is 15.2. The number of fused-ring (bicyclic) bond motifs is 1. The molecule has 0 unspecified atom stereocenters. The minimum Gasteiger partial charge on any atom is -0.440 e. The van der Waals surface area contributed by atoms with Crippen LogP contribution in [0.15, 0.2) is 65.1 Å². The number of nitrogens with zero attached hydrogens (tertiary/aromatic N) is 3. The van der Waals surface area contributed by atoms with E-state index in [1.807, 2.05) is 17.0 Å². The number of anilines is 2. The van der Waals surface area contributed by atoms with Crippen LogP contribution in [-0.4, -0.2) is 28.9 Å². The maximum atomic E-state index is 12.8. The Morgan fingerprint density at radius 3 is 2.61 bits per heavy atom. The van der Waals surface area contributed by atoms with Crippen molar-refractivity contribution in [2.45, 2.75) is 26.2 Å². The van der Waals surface area contributed by atoms with Gasteiger partial charge in [-0.05, 0) is 66.8 Å². The van der Waals surface area contributed by atoms with Crippen molar-refractivity contribution in [1.82, 2.24) is 4.98 Å². The average Bonchev–Trinajstić information content (AvgIpc) is 3.26. The third-order valence-corrected chi connectivity index (χ3v) is 6.75. The monoisotopic (exact) mass is 504 g/mol. The number of nitro groups is 1. The van der Waals surface area contributed by atoms with Gasteiger partial charge in [-0.25, -0.2) is 4.98 Å². The van der Waals surface area contributed by atoms with Gasteiger partial charge < -0.3 is 14.6 Å². The summed E-state index contributed by atoms with van der Waals surface area (Å²) < 4.78 is 5.77. The van der Waals surface area contributed by atoms with Gasteiger partial charge in [0.2, 0.25) is 0 Å². The fourth-order valence-electron chi connectivity index (χ4n) is 4.44. The first-order chi connectivity index (χ1) is 17.4. The number of carbonyl (C=O) groups excluding carboxylic acids is 1. The standard InChI is InChI=1S/C27H25ClN4O4/c1-17-10-12-31(13-11-17)23-8-4-19(15-24(23)32(34)35)27(33)29-21-6-2-18(3-7-21)14-26-30-22-16-20(28)5-9-25(22)36-26/h2-9,15-17H,10-14H2,1H3,(H,29,33). The average molecular weight is 505 g/mol. The minimum atomic E-state index is -0.418. The van der Waals surface area contributed by atoms with Crippen LogP contribution in [0, 0.1) is 16.0 Å². The summed E-state index contributed by atoms with van der Waals surface area (Å²) in [5.41, 5.74) is 3.68. The van der Waals surface area contributed by atoms with Crippen molar-refractivity contribution in [2.24, 2.45) is 5.92 Å². The number of oxazole rings is 1. The molecular formula is C27H25ClN4O4. The molecule has 8 nitrogen and oxygen atoms in total. The Kier molecular flexibility index (Phi) is 6.61. The van der Waals surface area contributed by atoms with Gasteiger partial charge in [0.15, 0.2) is 11.5 Å². The molecule has 2 heterocycles. The van der Waals surface area contributed by atoms with Gasteiger partial charge in [0.05, 0.1) is 4.92 Å². The highest BCUT2D eigenvalue weighted by atomic mass is 35.5. The number of halogens is 1. The van der Waals surface area contributed by atoms with Crippen molar-refractivity contribution < 1.29 is 14.1 Å². The Bertz CT molecular complexity index is 1430. The molecule has 9 heteroatoms. The van der Waals surface area contributed by atoms with E-state index in [9.17, 15) is 14.9 Å². The molecule has 5 rings (SSSR count). The zero-order valence-corrected chi connectivity index (χ0v) is 20.5. The number of hydrogen-bond acceptors (Lipinski definition) is 6. The van der Waals surface area contributed by atoms with Gasteiger partial charge >= 0.3 is 0 Å². The third-order valence-electron chi connectivity index (χ3n) is 6.52. The highest BCUT2D eigenvalue weighted by Crippen LogP contribution is 2.32. The molecule has 0 spiro atoms. The number of carbonyl (C=O) groups is 1. The van der Waals surface area contributed by atoms with E-state index in [1.165, 1.54) is 6.07 Å². The number of amides is 1. The van der Waals surface area contributed by atoms with E-state index in [2.05, 4.69) is 17.2 Å². The second-order valence-electron chi connectivity index (χ2n) is 9.18. The molecule has 1 saturated heterocycles. The van der Waals surface area contributed by atoms with Crippen molar-refractivity contribution in [3.8, 4) is 0 Å². The Morgan fingerprint density at radius 1 is 1.14 bits per heavy atom. The fourth-order valence-corrected chi connectivity index (χ4v) is 4.60. The van der Waals surface area contributed by atoms with Crippen molar-refractivity contribution >= 4 is 45.7 Å². The van der Waals surface area contributed by atoms with Crippen LogP contribution in [0.3, 0.4) is 0 Å². The van der Waals surface area contributed by atoms with Crippen LogP contribution in [0.1, 0.15) is 41.6 Å². The number of aromatic nitrogens is 1. The molecular weight excluding hydrogens is 480 g/mol. The van der Waals surface area contributed by atoms with E-state index in [0.717, 1.165) is 31.5 Å². The quantitative estimate of drug-likeness (QED) is 0.238. The van der Waals surface area contributed by atoms with E-state index < -0.39 is 10.8 Å². The lowest BCUT2D eigenvalue weighted by Crippen LogP contribution is -2.33. The van der Waals surface area contributed by atoms with E-state index in [1.54, 1.807) is 42.5 Å². The summed E-state index contributed by atoms with van der Waals surface area (Å²) in [6.45, 7) is 3.74. The predicted molar refractivity (Wildman–Crippen MR) is 140 cm³/mol. The number of nitro benzene ring substituents is 1. The zero-order valence-electron chi connectivity index (χ0n) is 19.7. The Balaban J connectivity index is 1.27. The fraction of sp³-hybridized carbons (Fsp3) is 0.259. The molecule has 0 radical (unpaired) electrons. The molecule has 184 valence electrons. The molecule has 1 aromatic heterocycles. The maximum Gasteiger partial charge on any atom is 0.293 e. The van der Waals surface area contributed by atoms with Gasteiger partial charge in [0.1, 0.15) is 11.2 Å². The first-order valence-corrected chi connectivity index (χ1v) is 12.2. The zero-order chi connectivity index (χ0) is 25.2. The molecule has 0 aliphatic carbocycles. The Labute approximate surface area is 213 Å². The Hall–Kier alpha value is -3.91. The summed E-state index contributed by atoms with van der Waals surface area (Å²) >= 11 is 6.01. The summed E-state index contributed by atoms with van der Waals surface area (Å²) in [4.78, 5) is 30.7. The molecule has 1 amide bonds. The van der Waals surface area contributed by atoms with Gasteiger partial charge in [-0.1, -0.05) is 30.7 Å². The van der Waals surface area contributed by atoms with Gasteiger partial charge in [-0.2, -0.15) is 0 Å². The molecule has 0 saturated carbocycles. The highest BCUT2D eigenvalue weighted by Gasteiger charge is 2.25. The summed E-state index contributed by atoms with van der Waals surface area (Å²) in [7, 11) is 0. The van der Waals surface area contributed by atoms with Crippen LogP contribution in [0.2, 0.25) is 5.02 Å². The second-order valence-corrected chi connectivity index (χ2v) is 9.61. The van der Waals surface area contributed by atoms with Gasteiger partial charge in [-0.15, -0.1) is 0 Å². The maximum absolute atomic E-state index is 12.8. The Morgan fingerprint density at radius 2 is 1.89 bits per heavy atom. The van der Waals surface area contributed by atoms with Crippen molar-refractivity contribution in [2.75, 3.05) is 23.3 Å². The van der Waals surface area contributed by atoms with E-state index >= 15 is 0 Å². The van der Waals surface area contributed by atoms with Crippen molar-refractivity contribution in [3.05, 3.63) is 92.8 Å². The van der Waals surface area contributed by atoms with E-state index in [4.69, 9.17) is 16.0 Å². The van der Waals surface area contributed by atoms with Crippen LogP contribution in [0.25, 0.3) is 11.1 Å². The lowest BCUT2D eigenvalue weighted by atomic mass is 9.98. The summed E-state index contributed by atoms with van der Waals surface area (Å²) in [5.74, 6) is 0.783. The number of benzene rings is 3. The molecule has 1 N–H and O–H groups in total. The molecule has 0 atom stereocenters. The van der Waals surface area contributed by atoms with Crippen LogP contribution in [0.5, 0.6) is 0 Å². The summed E-state index contributed by atoms with van der Waals surface area (Å²) in [6.07, 6.45) is 2.48. The van der Waals surface area contributed by atoms with Crippen LogP contribution < -0.4 is 10.2 Å². The van der Waals surface area contributed by atoms with Gasteiger partial charge in [0.25, 0.3) is 11.6 Å². The van der Waals surface area contributed by atoms with E-state index in [0.29, 0.717) is 45.7 Å². The van der Waals surface area contributed by atoms with E-state index in [-0.39, 0.29) is 11.3 Å². The first kappa shape index (κ1) is 23.8. The molecule has 1 fully saturated rings. The van der Waals surface area contributed by atoms with Gasteiger partial charge in [0, 0.05) is 41.9 Å². The molecule has 4 aromatic rings. The first-order valence-electron chi connectivity index (χ1n) is 11.8. The summed E-state index contributed by atoms with van der Waals surface area (Å²) in [6, 6.07) is 17.3. The smallest absolute Gasteiger partial charge is 0.293 e.